The molecule has 0 aliphatic carbocycles. The summed E-state index contributed by atoms with van der Waals surface area (Å²) in [6.07, 6.45) is 3.50. The van der Waals surface area contributed by atoms with Crippen molar-refractivity contribution >= 4 is 23.3 Å². The minimum absolute atomic E-state index is 0.00674. The summed E-state index contributed by atoms with van der Waals surface area (Å²) >= 11 is 0. The lowest BCUT2D eigenvalue weighted by Crippen LogP contribution is -2.47. The van der Waals surface area contributed by atoms with Crippen LogP contribution >= 0.6 is 0 Å². The third kappa shape index (κ3) is 8.99. The summed E-state index contributed by atoms with van der Waals surface area (Å²) in [6, 6.07) is 9.31. The Morgan fingerprint density at radius 3 is 2.50 bits per heavy atom. The second-order valence-electron chi connectivity index (χ2n) is 11.9. The maximum atomic E-state index is 14.3. The second kappa shape index (κ2) is 16.0. The summed E-state index contributed by atoms with van der Waals surface area (Å²) in [5, 5.41) is 15.8. The van der Waals surface area contributed by atoms with Crippen LogP contribution in [0, 0.1) is 5.92 Å². The number of nitrogens with zero attached hydrogens (tertiary/aromatic N) is 2. The van der Waals surface area contributed by atoms with E-state index >= 15 is 0 Å². The highest BCUT2D eigenvalue weighted by molar-refractivity contribution is 6.02. The van der Waals surface area contributed by atoms with Crippen LogP contribution in [0.1, 0.15) is 63.7 Å². The number of benzene rings is 2. The van der Waals surface area contributed by atoms with Gasteiger partial charge in [0.1, 0.15) is 5.75 Å². The smallest absolute Gasteiger partial charge is 0.323 e. The predicted molar refractivity (Wildman–Crippen MR) is 170 cm³/mol. The molecule has 0 fully saturated rings. The van der Waals surface area contributed by atoms with Gasteiger partial charge in [0.15, 0.2) is 11.5 Å². The topological polar surface area (TPSA) is 122 Å². The molecule has 0 unspecified atom stereocenters. The molecular weight excluding hydrogens is 564 g/mol. The Morgan fingerprint density at radius 1 is 1.07 bits per heavy atom. The largest absolute Gasteiger partial charge is 0.490 e. The lowest BCUT2D eigenvalue weighted by atomic mass is 10.0. The predicted octanol–water partition coefficient (Wildman–Crippen LogP) is 5.20. The molecule has 2 aromatic rings. The fraction of sp³-hybridized carbons (Fsp3) is 0.576. The average Bonchev–Trinajstić information content (AvgIpc) is 3.46. The molecule has 0 saturated heterocycles. The van der Waals surface area contributed by atoms with Gasteiger partial charge in [-0.2, -0.15) is 0 Å². The van der Waals surface area contributed by atoms with Crippen molar-refractivity contribution in [3.63, 3.8) is 0 Å². The van der Waals surface area contributed by atoms with Crippen LogP contribution in [0.15, 0.2) is 36.4 Å². The molecule has 0 saturated carbocycles. The number of anilines is 2. The molecule has 11 heteroatoms. The summed E-state index contributed by atoms with van der Waals surface area (Å²) < 4.78 is 23.4. The molecule has 2 aliphatic heterocycles. The first-order valence-corrected chi connectivity index (χ1v) is 15.7. The van der Waals surface area contributed by atoms with Crippen LogP contribution in [-0.4, -0.2) is 91.8 Å². The Morgan fingerprint density at radius 2 is 1.77 bits per heavy atom. The maximum absolute atomic E-state index is 14.3. The van der Waals surface area contributed by atoms with Gasteiger partial charge in [-0.05, 0) is 83.5 Å². The van der Waals surface area contributed by atoms with Gasteiger partial charge >= 0.3 is 6.03 Å². The van der Waals surface area contributed by atoms with Crippen molar-refractivity contribution in [2.75, 3.05) is 57.3 Å². The van der Waals surface area contributed by atoms with Gasteiger partial charge in [-0.1, -0.05) is 13.8 Å². The summed E-state index contributed by atoms with van der Waals surface area (Å²) in [6.45, 7) is 10.8. The van der Waals surface area contributed by atoms with Crippen molar-refractivity contribution in [3.8, 4) is 17.2 Å². The van der Waals surface area contributed by atoms with E-state index in [1.54, 1.807) is 41.3 Å². The number of hydrogen-bond donors (Lipinski definition) is 3. The zero-order valence-electron chi connectivity index (χ0n) is 26.6. The molecule has 2 heterocycles. The van der Waals surface area contributed by atoms with Crippen LogP contribution in [-0.2, 0) is 4.74 Å². The van der Waals surface area contributed by atoms with Crippen LogP contribution < -0.4 is 24.8 Å². The molecule has 0 spiro atoms. The lowest BCUT2D eigenvalue weighted by molar-refractivity contribution is -0.0167. The Balaban J connectivity index is 1.59. The highest BCUT2D eigenvalue weighted by atomic mass is 16.7. The quantitative estimate of drug-likeness (QED) is 0.372. The Hall–Kier alpha value is -3.54. The molecule has 3 amide bonds. The molecule has 11 nitrogen and oxygen atoms in total. The van der Waals surface area contributed by atoms with Crippen molar-refractivity contribution in [1.29, 1.82) is 0 Å². The van der Waals surface area contributed by atoms with Gasteiger partial charge in [0, 0.05) is 43.1 Å². The Labute approximate surface area is 260 Å². The SMILES string of the molecule is CCCN(C)C[C@H]1OCCCC[C@@H](C)Oc2ccc(NC(=O)Nc3ccc4c(c3)OCO4)cc2C(=O)N([C@H](C)CO)C[C@@H]1C. The summed E-state index contributed by atoms with van der Waals surface area (Å²) in [7, 11) is 2.09. The number of nitrogens with one attached hydrogen (secondary N) is 2. The van der Waals surface area contributed by atoms with Crippen LogP contribution in [0.5, 0.6) is 17.2 Å². The number of ether oxygens (including phenoxy) is 4. The van der Waals surface area contributed by atoms with Crippen LogP contribution in [0.4, 0.5) is 16.2 Å². The fourth-order valence-corrected chi connectivity index (χ4v) is 5.51. The van der Waals surface area contributed by atoms with Gasteiger partial charge in [0.05, 0.1) is 30.4 Å². The minimum Gasteiger partial charge on any atom is -0.490 e. The highest BCUT2D eigenvalue weighted by Crippen LogP contribution is 2.34. The van der Waals surface area contributed by atoms with E-state index in [1.165, 1.54) is 0 Å². The molecule has 4 atom stereocenters. The van der Waals surface area contributed by atoms with Gasteiger partial charge in [-0.25, -0.2) is 4.79 Å². The number of carbonyl (C=O) groups excluding carboxylic acids is 2. The van der Waals surface area contributed by atoms with E-state index in [9.17, 15) is 14.7 Å². The van der Waals surface area contributed by atoms with Crippen LogP contribution in [0.3, 0.4) is 0 Å². The number of aliphatic hydroxyl groups excluding tert-OH is 1. The Bertz CT molecular complexity index is 1260. The number of rotatable bonds is 8. The molecule has 3 N–H and O–H groups in total. The minimum atomic E-state index is -0.475. The number of urea groups is 1. The molecule has 4 rings (SSSR count). The molecule has 0 radical (unpaired) electrons. The third-order valence-electron chi connectivity index (χ3n) is 8.04. The van der Waals surface area contributed by atoms with E-state index in [0.29, 0.717) is 47.3 Å². The molecular formula is C33H48N4O7. The van der Waals surface area contributed by atoms with E-state index in [0.717, 1.165) is 38.8 Å². The summed E-state index contributed by atoms with van der Waals surface area (Å²) in [4.78, 5) is 31.1. The average molecular weight is 613 g/mol. The number of hydrogen-bond acceptors (Lipinski definition) is 8. The number of amides is 3. The summed E-state index contributed by atoms with van der Waals surface area (Å²) in [5.41, 5.74) is 1.29. The second-order valence-corrected chi connectivity index (χ2v) is 11.9. The number of fused-ring (bicyclic) bond motifs is 2. The van der Waals surface area contributed by atoms with E-state index < -0.39 is 12.1 Å². The van der Waals surface area contributed by atoms with E-state index in [4.69, 9.17) is 18.9 Å². The normalized spacial score (nSPS) is 21.7. The van der Waals surface area contributed by atoms with Crippen LogP contribution in [0.2, 0.25) is 0 Å². The number of carbonyl (C=O) groups is 2. The maximum Gasteiger partial charge on any atom is 0.323 e. The van der Waals surface area contributed by atoms with Gasteiger partial charge in [-0.15, -0.1) is 0 Å². The lowest BCUT2D eigenvalue weighted by Gasteiger charge is -2.35. The molecule has 44 heavy (non-hydrogen) atoms. The zero-order valence-corrected chi connectivity index (χ0v) is 26.6. The fourth-order valence-electron chi connectivity index (χ4n) is 5.51. The monoisotopic (exact) mass is 612 g/mol. The van der Waals surface area contributed by atoms with Crippen molar-refractivity contribution in [3.05, 3.63) is 42.0 Å². The van der Waals surface area contributed by atoms with Crippen molar-refractivity contribution in [2.45, 2.75) is 71.6 Å². The molecule has 2 aromatic carbocycles. The first-order chi connectivity index (χ1) is 21.2. The first-order valence-electron chi connectivity index (χ1n) is 15.7. The van der Waals surface area contributed by atoms with Gasteiger partial charge in [-0.3, -0.25) is 4.79 Å². The van der Waals surface area contributed by atoms with E-state index in [-0.39, 0.29) is 37.4 Å². The van der Waals surface area contributed by atoms with E-state index in [1.807, 2.05) is 13.8 Å². The molecule has 0 aromatic heterocycles. The standard InChI is InChI=1S/C33H48N4O7/c1-6-14-36(5)19-31-22(2)18-37(23(3)20-38)32(39)27-16-25(10-12-28(27)44-24(4)9-7-8-15-41-31)34-33(40)35-26-11-13-29-30(17-26)43-21-42-29/h10-13,16-17,22-24,31,38H,6-9,14-15,18-21H2,1-5H3,(H2,34,35,40)/t22-,23+,24+,31+/m0/s1. The number of aliphatic hydroxyl groups is 1. The molecule has 242 valence electrons. The third-order valence-corrected chi connectivity index (χ3v) is 8.04. The Kier molecular flexibility index (Phi) is 12.1. The zero-order chi connectivity index (χ0) is 31.6. The van der Waals surface area contributed by atoms with Crippen LogP contribution in [0.25, 0.3) is 0 Å². The van der Waals surface area contributed by atoms with Gasteiger partial charge in [0.25, 0.3) is 5.91 Å². The van der Waals surface area contributed by atoms with Crippen molar-refractivity contribution < 1.29 is 33.6 Å². The van der Waals surface area contributed by atoms with Crippen molar-refractivity contribution in [1.82, 2.24) is 9.80 Å². The highest BCUT2D eigenvalue weighted by Gasteiger charge is 2.30. The van der Waals surface area contributed by atoms with E-state index in [2.05, 4.69) is 36.4 Å². The van der Waals surface area contributed by atoms with Gasteiger partial charge < -0.3 is 44.5 Å². The number of likely N-dealkylation sites (N-methyl/N-ethyl adjacent to an activating group) is 1. The first kappa shape index (κ1) is 33.4. The van der Waals surface area contributed by atoms with Gasteiger partial charge in [0.2, 0.25) is 6.79 Å². The molecule has 2 aliphatic rings. The summed E-state index contributed by atoms with van der Waals surface area (Å²) in [5.74, 6) is 1.35. The van der Waals surface area contributed by atoms with Crippen molar-refractivity contribution in [2.24, 2.45) is 5.92 Å². The molecule has 0 bridgehead atoms.